The number of nitrogens with one attached hydrogen (secondary N) is 2. The van der Waals surface area contributed by atoms with Crippen LogP contribution in [0.2, 0.25) is 0 Å². The van der Waals surface area contributed by atoms with Crippen LogP contribution in [0.25, 0.3) is 0 Å². The third-order valence-electron chi connectivity index (χ3n) is 2.28. The van der Waals surface area contributed by atoms with Gasteiger partial charge in [-0.3, -0.25) is 9.59 Å². The number of hydrogen-bond donors (Lipinski definition) is 3. The molecule has 0 aromatic rings. The number of aliphatic hydroxyl groups is 1. The van der Waals surface area contributed by atoms with Crippen LogP contribution in [0.3, 0.4) is 0 Å². The van der Waals surface area contributed by atoms with E-state index in [-0.39, 0.29) is 6.61 Å². The molecule has 2 amide bonds. The maximum atomic E-state index is 11.3. The molecule has 18 heavy (non-hydrogen) atoms. The van der Waals surface area contributed by atoms with E-state index < -0.39 is 11.8 Å². The Morgan fingerprint density at radius 2 is 1.61 bits per heavy atom. The van der Waals surface area contributed by atoms with Crippen molar-refractivity contribution in [1.82, 2.24) is 10.6 Å². The van der Waals surface area contributed by atoms with E-state index in [0.717, 1.165) is 19.3 Å². The zero-order chi connectivity index (χ0) is 13.6. The van der Waals surface area contributed by atoms with Crippen molar-refractivity contribution < 1.29 is 19.4 Å². The van der Waals surface area contributed by atoms with Gasteiger partial charge < -0.3 is 20.5 Å². The number of rotatable bonds is 10. The fraction of sp³-hybridized carbons (Fsp3) is 0.833. The molecule has 0 fully saturated rings. The summed E-state index contributed by atoms with van der Waals surface area (Å²) in [6.45, 7) is 4.21. The van der Waals surface area contributed by atoms with Gasteiger partial charge in [-0.1, -0.05) is 0 Å². The van der Waals surface area contributed by atoms with Crippen molar-refractivity contribution in [3.05, 3.63) is 0 Å². The molecule has 0 rings (SSSR count). The van der Waals surface area contributed by atoms with Gasteiger partial charge in [0.05, 0.1) is 0 Å². The van der Waals surface area contributed by atoms with Crippen LogP contribution in [-0.2, 0) is 14.3 Å². The van der Waals surface area contributed by atoms with Crippen LogP contribution in [0.4, 0.5) is 0 Å². The number of carbonyl (C=O) groups is 2. The molecule has 6 nitrogen and oxygen atoms in total. The van der Waals surface area contributed by atoms with Crippen molar-refractivity contribution in [2.24, 2.45) is 0 Å². The Morgan fingerprint density at radius 3 is 2.17 bits per heavy atom. The van der Waals surface area contributed by atoms with Gasteiger partial charge in [-0.15, -0.1) is 0 Å². The molecule has 0 aliphatic carbocycles. The average Bonchev–Trinajstić information content (AvgIpc) is 2.37. The lowest BCUT2D eigenvalue weighted by molar-refractivity contribution is -0.139. The molecule has 0 spiro atoms. The average molecular weight is 260 g/mol. The summed E-state index contributed by atoms with van der Waals surface area (Å²) in [7, 11) is 0. The first-order chi connectivity index (χ1) is 8.72. The molecule has 0 atom stereocenters. The smallest absolute Gasteiger partial charge is 0.309 e. The summed E-state index contributed by atoms with van der Waals surface area (Å²) in [5.41, 5.74) is 0. The normalized spacial score (nSPS) is 10.1. The molecular formula is C12H24N2O4. The summed E-state index contributed by atoms with van der Waals surface area (Å²) < 4.78 is 5.11. The first-order valence-electron chi connectivity index (χ1n) is 6.47. The van der Waals surface area contributed by atoms with E-state index in [2.05, 4.69) is 10.6 Å². The van der Waals surface area contributed by atoms with Gasteiger partial charge in [0.25, 0.3) is 0 Å². The first-order valence-corrected chi connectivity index (χ1v) is 6.47. The Balaban J connectivity index is 3.43. The van der Waals surface area contributed by atoms with Crippen LogP contribution >= 0.6 is 0 Å². The van der Waals surface area contributed by atoms with E-state index in [1.165, 1.54) is 0 Å². The lowest BCUT2D eigenvalue weighted by atomic mass is 10.2. The van der Waals surface area contributed by atoms with Crippen molar-refractivity contribution in [3.8, 4) is 0 Å². The van der Waals surface area contributed by atoms with E-state index >= 15 is 0 Å². The molecule has 0 aromatic heterocycles. The number of carbonyl (C=O) groups excluding carboxylic acids is 2. The molecule has 0 radical (unpaired) electrons. The van der Waals surface area contributed by atoms with Crippen LogP contribution in [0, 0.1) is 0 Å². The first kappa shape index (κ1) is 16.9. The number of unbranched alkanes of at least 4 members (excludes halogenated alkanes) is 2. The van der Waals surface area contributed by atoms with E-state index in [0.29, 0.717) is 32.7 Å². The Hall–Kier alpha value is -1.14. The molecule has 0 unspecified atom stereocenters. The molecule has 106 valence electrons. The summed E-state index contributed by atoms with van der Waals surface area (Å²) in [6.07, 6.45) is 3.03. The van der Waals surface area contributed by atoms with E-state index in [1.54, 1.807) is 0 Å². The maximum Gasteiger partial charge on any atom is 0.309 e. The Morgan fingerprint density at radius 1 is 1.00 bits per heavy atom. The van der Waals surface area contributed by atoms with Gasteiger partial charge in [-0.2, -0.15) is 0 Å². The second kappa shape index (κ2) is 12.3. The third kappa shape index (κ3) is 10.0. The van der Waals surface area contributed by atoms with Crippen LogP contribution in [-0.4, -0.2) is 49.8 Å². The van der Waals surface area contributed by atoms with Crippen LogP contribution in [0.1, 0.15) is 32.6 Å². The summed E-state index contributed by atoms with van der Waals surface area (Å²) in [4.78, 5) is 22.6. The topological polar surface area (TPSA) is 87.7 Å². The minimum Gasteiger partial charge on any atom is -0.396 e. The highest BCUT2D eigenvalue weighted by Gasteiger charge is 2.11. The van der Waals surface area contributed by atoms with Crippen molar-refractivity contribution >= 4 is 11.8 Å². The predicted molar refractivity (Wildman–Crippen MR) is 68.1 cm³/mol. The van der Waals surface area contributed by atoms with Gasteiger partial charge in [-0.25, -0.2) is 0 Å². The molecule has 0 aliphatic rings. The van der Waals surface area contributed by atoms with Crippen molar-refractivity contribution in [2.75, 3.05) is 32.9 Å². The fourth-order valence-corrected chi connectivity index (χ4v) is 1.30. The van der Waals surface area contributed by atoms with Crippen LogP contribution in [0.5, 0.6) is 0 Å². The zero-order valence-electron chi connectivity index (χ0n) is 11.0. The van der Waals surface area contributed by atoms with E-state index in [4.69, 9.17) is 9.84 Å². The number of aliphatic hydroxyl groups excluding tert-OH is 1. The van der Waals surface area contributed by atoms with Crippen molar-refractivity contribution in [2.45, 2.75) is 32.6 Å². The zero-order valence-corrected chi connectivity index (χ0v) is 11.0. The molecule has 3 N–H and O–H groups in total. The van der Waals surface area contributed by atoms with Crippen molar-refractivity contribution in [3.63, 3.8) is 0 Å². The highest BCUT2D eigenvalue weighted by atomic mass is 16.5. The Labute approximate surface area is 108 Å². The summed E-state index contributed by atoms with van der Waals surface area (Å²) >= 11 is 0. The highest BCUT2D eigenvalue weighted by molar-refractivity contribution is 6.35. The number of ether oxygens (including phenoxy) is 1. The minimum atomic E-state index is -0.603. The quantitative estimate of drug-likeness (QED) is 0.375. The monoisotopic (exact) mass is 260 g/mol. The molecule has 0 aliphatic heterocycles. The van der Waals surface area contributed by atoms with Gasteiger partial charge in [0.2, 0.25) is 0 Å². The lowest BCUT2D eigenvalue weighted by Gasteiger charge is -2.06. The Bertz CT molecular complexity index is 210. The largest absolute Gasteiger partial charge is 0.396 e. The molecule has 0 saturated heterocycles. The van der Waals surface area contributed by atoms with Gasteiger partial charge in [-0.05, 0) is 32.6 Å². The van der Waals surface area contributed by atoms with Gasteiger partial charge in [0.1, 0.15) is 0 Å². The van der Waals surface area contributed by atoms with Crippen molar-refractivity contribution in [1.29, 1.82) is 0 Å². The second-order valence-electron chi connectivity index (χ2n) is 3.85. The molecule has 0 bridgehead atoms. The van der Waals surface area contributed by atoms with Gasteiger partial charge >= 0.3 is 11.8 Å². The minimum absolute atomic E-state index is 0.161. The fourth-order valence-electron chi connectivity index (χ4n) is 1.30. The molecular weight excluding hydrogens is 236 g/mol. The van der Waals surface area contributed by atoms with E-state index in [1.807, 2.05) is 6.92 Å². The second-order valence-corrected chi connectivity index (χ2v) is 3.85. The summed E-state index contributed by atoms with van der Waals surface area (Å²) in [6, 6.07) is 0. The number of hydrogen-bond acceptors (Lipinski definition) is 4. The van der Waals surface area contributed by atoms with Crippen LogP contribution < -0.4 is 10.6 Å². The highest BCUT2D eigenvalue weighted by Crippen LogP contribution is 1.91. The van der Waals surface area contributed by atoms with Gasteiger partial charge in [0, 0.05) is 32.9 Å². The SMILES string of the molecule is CCOCCCNC(=O)C(=O)NCCCCCO. The molecule has 6 heteroatoms. The molecule has 0 heterocycles. The number of amides is 2. The summed E-state index contributed by atoms with van der Waals surface area (Å²) in [5, 5.41) is 13.6. The summed E-state index contributed by atoms with van der Waals surface area (Å²) in [5.74, 6) is -1.20. The van der Waals surface area contributed by atoms with Crippen LogP contribution in [0.15, 0.2) is 0 Å². The predicted octanol–water partition coefficient (Wildman–Crippen LogP) is -0.192. The third-order valence-corrected chi connectivity index (χ3v) is 2.28. The van der Waals surface area contributed by atoms with E-state index in [9.17, 15) is 9.59 Å². The standard InChI is InChI=1S/C12H24N2O4/c1-2-18-10-6-8-14-12(17)11(16)13-7-4-3-5-9-15/h15H,2-10H2,1H3,(H,13,16)(H,14,17). The maximum absolute atomic E-state index is 11.3. The Kier molecular flexibility index (Phi) is 11.5. The van der Waals surface area contributed by atoms with Gasteiger partial charge in [0.15, 0.2) is 0 Å². The lowest BCUT2D eigenvalue weighted by Crippen LogP contribution is -2.40. The molecule has 0 saturated carbocycles. The molecule has 0 aromatic carbocycles.